The average Bonchev–Trinajstić information content (AvgIpc) is 3.44. The summed E-state index contributed by atoms with van der Waals surface area (Å²) in [6.45, 7) is 0.161. The molecule has 0 spiro atoms. The van der Waals surface area contributed by atoms with E-state index in [9.17, 15) is 13.2 Å². The van der Waals surface area contributed by atoms with Crippen molar-refractivity contribution in [2.75, 3.05) is 7.05 Å². The molecule has 0 aliphatic heterocycles. The summed E-state index contributed by atoms with van der Waals surface area (Å²) in [4.78, 5) is 16.8. The van der Waals surface area contributed by atoms with Gasteiger partial charge in [-0.3, -0.25) is 9.36 Å². The Morgan fingerprint density at radius 2 is 1.86 bits per heavy atom. The van der Waals surface area contributed by atoms with Gasteiger partial charge >= 0.3 is 4.87 Å². The quantitative estimate of drug-likeness (QED) is 0.268. The molecule has 0 aliphatic rings. The summed E-state index contributed by atoms with van der Waals surface area (Å²) >= 11 is 13.2. The van der Waals surface area contributed by atoms with Crippen LogP contribution in [0.4, 0.5) is 0 Å². The normalized spacial score (nSPS) is 12.0. The van der Waals surface area contributed by atoms with Crippen molar-refractivity contribution in [1.29, 1.82) is 0 Å². The summed E-state index contributed by atoms with van der Waals surface area (Å²) in [5.41, 5.74) is 2.09. The zero-order valence-electron chi connectivity index (χ0n) is 18.8. The van der Waals surface area contributed by atoms with Crippen LogP contribution in [0.25, 0.3) is 21.6 Å². The molecule has 2 heterocycles. The molecular weight excluding hydrogens is 543 g/mol. The van der Waals surface area contributed by atoms with E-state index < -0.39 is 10.0 Å². The third-order valence-electron chi connectivity index (χ3n) is 5.54. The van der Waals surface area contributed by atoms with Crippen molar-refractivity contribution in [3.05, 3.63) is 97.9 Å². The van der Waals surface area contributed by atoms with E-state index >= 15 is 0 Å². The lowest BCUT2D eigenvalue weighted by atomic mass is 10.2. The summed E-state index contributed by atoms with van der Waals surface area (Å²) in [5.74, 6) is 0.442. The summed E-state index contributed by atoms with van der Waals surface area (Å²) in [6.07, 6.45) is 0. The van der Waals surface area contributed by atoms with Gasteiger partial charge in [0.25, 0.3) is 0 Å². The molecule has 0 atom stereocenters. The minimum atomic E-state index is -3.90. The van der Waals surface area contributed by atoms with Crippen LogP contribution in [0.5, 0.6) is 0 Å². The average molecular weight is 561 g/mol. The van der Waals surface area contributed by atoms with E-state index in [2.05, 4.69) is 10.1 Å². The molecule has 184 valence electrons. The largest absolute Gasteiger partial charge is 0.338 e. The molecule has 0 bridgehead atoms. The minimum absolute atomic E-state index is 0.0539. The highest BCUT2D eigenvalue weighted by atomic mass is 35.5. The number of halogens is 2. The molecule has 36 heavy (non-hydrogen) atoms. The highest BCUT2D eigenvalue weighted by Crippen LogP contribution is 2.26. The third kappa shape index (κ3) is 4.82. The Hall–Kier alpha value is -3.02. The van der Waals surface area contributed by atoms with Crippen molar-refractivity contribution in [2.24, 2.45) is 0 Å². The number of thiazole rings is 1. The van der Waals surface area contributed by atoms with Gasteiger partial charge in [-0.15, -0.1) is 0 Å². The molecule has 8 nitrogen and oxygen atoms in total. The topological polar surface area (TPSA) is 98.3 Å². The Kier molecular flexibility index (Phi) is 6.71. The lowest BCUT2D eigenvalue weighted by molar-refractivity contribution is 0.337. The molecule has 0 saturated heterocycles. The van der Waals surface area contributed by atoms with Crippen molar-refractivity contribution in [3.8, 4) is 11.4 Å². The number of rotatable bonds is 7. The lowest BCUT2D eigenvalue weighted by Gasteiger charge is -2.15. The fourth-order valence-corrected chi connectivity index (χ4v) is 6.21. The van der Waals surface area contributed by atoms with Crippen LogP contribution >= 0.6 is 34.5 Å². The number of sulfonamides is 1. The molecule has 0 fully saturated rings. The van der Waals surface area contributed by atoms with E-state index in [0.717, 1.165) is 21.2 Å². The summed E-state index contributed by atoms with van der Waals surface area (Å²) < 4.78 is 35.0. The van der Waals surface area contributed by atoms with Crippen LogP contribution < -0.4 is 4.87 Å². The van der Waals surface area contributed by atoms with Crippen LogP contribution in [0.2, 0.25) is 10.0 Å². The van der Waals surface area contributed by atoms with E-state index in [1.807, 2.05) is 18.2 Å². The number of fused-ring (bicyclic) bond motifs is 1. The first kappa shape index (κ1) is 24.7. The van der Waals surface area contributed by atoms with Gasteiger partial charge in [0, 0.05) is 22.7 Å². The molecule has 5 aromatic rings. The maximum atomic E-state index is 13.2. The van der Waals surface area contributed by atoms with Gasteiger partial charge in [0.2, 0.25) is 21.7 Å². The second-order valence-corrected chi connectivity index (χ2v) is 11.8. The fourth-order valence-electron chi connectivity index (χ4n) is 3.67. The summed E-state index contributed by atoms with van der Waals surface area (Å²) in [6, 6.07) is 18.9. The smallest absolute Gasteiger partial charge is 0.308 e. The third-order valence-corrected chi connectivity index (χ3v) is 8.89. The highest BCUT2D eigenvalue weighted by Gasteiger charge is 2.24. The number of benzene rings is 3. The monoisotopic (exact) mass is 560 g/mol. The standard InChI is InChI=1S/C24H18Cl2N4O4S2/c1-29(14-22-27-23(28-34-22)15-6-4-7-17(25)11-15)36(32,33)18-9-10-20-21(12-18)35-24(31)30(20)13-16-5-2-3-8-19(16)26/h2-12H,13-14H2,1H3. The van der Waals surface area contributed by atoms with Crippen molar-refractivity contribution >= 4 is 54.8 Å². The lowest BCUT2D eigenvalue weighted by Crippen LogP contribution is -2.26. The molecule has 0 saturated carbocycles. The molecule has 0 radical (unpaired) electrons. The van der Waals surface area contributed by atoms with Crippen LogP contribution in [0.3, 0.4) is 0 Å². The molecule has 0 unspecified atom stereocenters. The Morgan fingerprint density at radius 1 is 1.06 bits per heavy atom. The maximum absolute atomic E-state index is 13.2. The van der Waals surface area contributed by atoms with Crippen molar-refractivity contribution in [3.63, 3.8) is 0 Å². The number of aromatic nitrogens is 3. The molecule has 3 aromatic carbocycles. The predicted octanol–water partition coefficient (Wildman–Crippen LogP) is 5.29. The van der Waals surface area contributed by atoms with Crippen LogP contribution in [-0.2, 0) is 23.1 Å². The van der Waals surface area contributed by atoms with Crippen LogP contribution in [0.15, 0.2) is 80.9 Å². The summed E-state index contributed by atoms with van der Waals surface area (Å²) in [5, 5.41) is 5.00. The molecule has 2 aromatic heterocycles. The van der Waals surface area contributed by atoms with E-state index in [1.54, 1.807) is 41.0 Å². The van der Waals surface area contributed by atoms with Gasteiger partial charge in [0.05, 0.1) is 28.2 Å². The second-order valence-electron chi connectivity index (χ2n) is 7.96. The van der Waals surface area contributed by atoms with Gasteiger partial charge in [-0.2, -0.15) is 9.29 Å². The molecular formula is C24H18Cl2N4O4S2. The molecule has 0 aliphatic carbocycles. The number of nitrogens with zero attached hydrogens (tertiary/aromatic N) is 4. The molecule has 5 rings (SSSR count). The van der Waals surface area contributed by atoms with E-state index in [4.69, 9.17) is 27.7 Å². The van der Waals surface area contributed by atoms with Gasteiger partial charge in [-0.1, -0.05) is 70.0 Å². The Balaban J connectivity index is 1.39. The van der Waals surface area contributed by atoms with Gasteiger partial charge in [-0.05, 0) is 42.0 Å². The second kappa shape index (κ2) is 9.79. The van der Waals surface area contributed by atoms with Gasteiger partial charge in [0.15, 0.2) is 0 Å². The fraction of sp³-hybridized carbons (Fsp3) is 0.125. The predicted molar refractivity (Wildman–Crippen MR) is 140 cm³/mol. The SMILES string of the molecule is CN(Cc1nc(-c2cccc(Cl)c2)no1)S(=O)(=O)c1ccc2c(c1)sc(=O)n2Cc1ccccc1Cl. The van der Waals surface area contributed by atoms with E-state index in [-0.39, 0.29) is 28.7 Å². The zero-order chi connectivity index (χ0) is 25.4. The van der Waals surface area contributed by atoms with Crippen LogP contribution in [0.1, 0.15) is 11.5 Å². The Morgan fingerprint density at radius 3 is 2.64 bits per heavy atom. The summed E-state index contributed by atoms with van der Waals surface area (Å²) in [7, 11) is -2.48. The maximum Gasteiger partial charge on any atom is 0.308 e. The number of hydrogen-bond acceptors (Lipinski definition) is 7. The zero-order valence-corrected chi connectivity index (χ0v) is 21.9. The van der Waals surface area contributed by atoms with Gasteiger partial charge in [0.1, 0.15) is 0 Å². The van der Waals surface area contributed by atoms with E-state index in [1.165, 1.54) is 19.2 Å². The highest BCUT2D eigenvalue weighted by molar-refractivity contribution is 7.89. The van der Waals surface area contributed by atoms with E-state index in [0.29, 0.717) is 31.6 Å². The molecule has 12 heteroatoms. The van der Waals surface area contributed by atoms with Gasteiger partial charge < -0.3 is 4.52 Å². The molecule has 0 N–H and O–H groups in total. The van der Waals surface area contributed by atoms with Crippen LogP contribution in [-0.4, -0.2) is 34.5 Å². The number of hydrogen-bond donors (Lipinski definition) is 0. The minimum Gasteiger partial charge on any atom is -0.338 e. The van der Waals surface area contributed by atoms with Gasteiger partial charge in [-0.25, -0.2) is 8.42 Å². The Labute approximate surface area is 220 Å². The first-order valence-corrected chi connectivity index (χ1v) is 13.7. The van der Waals surface area contributed by atoms with Crippen LogP contribution in [0, 0.1) is 0 Å². The first-order chi connectivity index (χ1) is 17.2. The van der Waals surface area contributed by atoms with Crippen molar-refractivity contribution in [2.45, 2.75) is 18.0 Å². The first-order valence-electron chi connectivity index (χ1n) is 10.6. The Bertz CT molecular complexity index is 1740. The van der Waals surface area contributed by atoms with Crippen molar-refractivity contribution in [1.82, 2.24) is 19.0 Å². The molecule has 0 amide bonds. The van der Waals surface area contributed by atoms with Crippen molar-refractivity contribution < 1.29 is 12.9 Å².